The molecule has 0 amide bonds. The highest BCUT2D eigenvalue weighted by atomic mass is 32.1. The number of esters is 1. The van der Waals surface area contributed by atoms with Gasteiger partial charge in [0.05, 0.1) is 5.56 Å². The average Bonchev–Trinajstić information content (AvgIpc) is 2.96. The molecule has 3 aromatic carbocycles. The number of carbonyl (C=O) groups is 1. The van der Waals surface area contributed by atoms with E-state index in [4.69, 9.17) is 14.7 Å². The molecule has 28 heavy (non-hydrogen) atoms. The number of nitriles is 1. The van der Waals surface area contributed by atoms with Crippen molar-refractivity contribution >= 4 is 18.6 Å². The number of fused-ring (bicyclic) bond motifs is 6. The highest BCUT2D eigenvalue weighted by Gasteiger charge is 2.53. The van der Waals surface area contributed by atoms with Crippen LogP contribution in [-0.4, -0.2) is 16.2 Å². The zero-order valence-electron chi connectivity index (χ0n) is 14.2. The lowest BCUT2D eigenvalue weighted by atomic mass is 9.77. The number of hydrogen-bond acceptors (Lipinski definition) is 7. The van der Waals surface area contributed by atoms with Crippen molar-refractivity contribution in [2.75, 3.05) is 0 Å². The summed E-state index contributed by atoms with van der Waals surface area (Å²) in [6.45, 7) is 0. The fraction of sp³-hybridized carbons (Fsp3) is 0.0476. The first-order valence-electron chi connectivity index (χ1n) is 8.20. The lowest BCUT2D eigenvalue weighted by molar-refractivity contribution is 0.0224. The van der Waals surface area contributed by atoms with Crippen LogP contribution in [0.2, 0.25) is 0 Å². The Hall–Kier alpha value is -3.76. The predicted octanol–water partition coefficient (Wildman–Crippen LogP) is 3.68. The number of benzene rings is 3. The maximum absolute atomic E-state index is 12.5. The van der Waals surface area contributed by atoms with Crippen LogP contribution in [0.1, 0.15) is 27.0 Å². The molecule has 2 heterocycles. The minimum absolute atomic E-state index is 0.0371. The van der Waals surface area contributed by atoms with Crippen molar-refractivity contribution in [3.63, 3.8) is 0 Å². The summed E-state index contributed by atoms with van der Waals surface area (Å²) >= 11 is 3.70. The number of phenolic OH excluding ortho intramolecular Hbond substituents is 2. The third kappa shape index (κ3) is 2.43. The second-order valence-corrected chi connectivity index (χ2v) is 6.35. The van der Waals surface area contributed by atoms with Crippen molar-refractivity contribution in [2.24, 2.45) is 0 Å². The van der Waals surface area contributed by atoms with Gasteiger partial charge in [-0.2, -0.15) is 0 Å². The van der Waals surface area contributed by atoms with Crippen molar-refractivity contribution in [3.8, 4) is 28.4 Å². The topological polar surface area (TPSA) is 99.8 Å². The highest BCUT2D eigenvalue weighted by molar-refractivity contribution is 7.64. The molecular formula is C21H12NO5S-. The molecule has 5 rings (SSSR count). The summed E-state index contributed by atoms with van der Waals surface area (Å²) in [6.07, 6.45) is 0. The summed E-state index contributed by atoms with van der Waals surface area (Å²) in [5.41, 5.74) is 1.28. The molecule has 0 saturated carbocycles. The van der Waals surface area contributed by atoms with Crippen molar-refractivity contribution in [1.82, 2.24) is 0 Å². The quantitative estimate of drug-likeness (QED) is 0.343. The van der Waals surface area contributed by atoms with Crippen LogP contribution >= 0.6 is 0 Å². The maximum atomic E-state index is 12.5. The van der Waals surface area contributed by atoms with Crippen molar-refractivity contribution in [1.29, 1.82) is 5.26 Å². The molecule has 0 bridgehead atoms. The van der Waals surface area contributed by atoms with E-state index in [1.165, 1.54) is 29.7 Å². The molecule has 0 aromatic heterocycles. The summed E-state index contributed by atoms with van der Waals surface area (Å²) in [5.74, 6) is 0.408. The first-order chi connectivity index (χ1) is 13.5. The minimum atomic E-state index is -1.17. The second-order valence-electron chi connectivity index (χ2n) is 6.17. The zero-order chi connectivity index (χ0) is 19.9. The number of hydrogen-bond donors (Lipinski definition) is 2. The van der Waals surface area contributed by atoms with E-state index in [1.54, 1.807) is 24.3 Å². The van der Waals surface area contributed by atoms with Crippen LogP contribution in [0.25, 0.3) is 0 Å². The minimum Gasteiger partial charge on any atom is -0.696 e. The normalized spacial score (nSPS) is 14.3. The largest absolute Gasteiger partial charge is 0.696 e. The van der Waals surface area contributed by atoms with Gasteiger partial charge in [-0.15, -0.1) is 0 Å². The van der Waals surface area contributed by atoms with E-state index >= 15 is 0 Å². The third-order valence-corrected chi connectivity index (χ3v) is 4.68. The van der Waals surface area contributed by atoms with Crippen LogP contribution in [0.4, 0.5) is 0 Å². The number of carbonyl (C=O) groups excluding carboxylic acids is 1. The Morgan fingerprint density at radius 2 is 1.43 bits per heavy atom. The van der Waals surface area contributed by atoms with Crippen LogP contribution < -0.4 is 4.74 Å². The lowest BCUT2D eigenvalue weighted by Gasteiger charge is -2.36. The lowest BCUT2D eigenvalue weighted by Crippen LogP contribution is -2.32. The van der Waals surface area contributed by atoms with E-state index in [9.17, 15) is 15.0 Å². The maximum Gasteiger partial charge on any atom is 0.340 e. The van der Waals surface area contributed by atoms with E-state index in [0.717, 1.165) is 0 Å². The standard InChI is InChI=1S/C20H12O5.CHNS/c21-11-5-7-15-17(9-11)24-18-10-12(22)6-8-16(18)20(15)14-4-2-1-3-13(14)19(23)25-20;2-1-3/h1-10,21-22H;3H/p-1. The van der Waals surface area contributed by atoms with E-state index in [1.807, 2.05) is 12.1 Å². The SMILES string of the molecule is N#C[S-].O=C1OC2(c3ccc(O)cc3Oc3cc(O)ccc32)c2ccccc21. The zero-order valence-corrected chi connectivity index (χ0v) is 15.1. The van der Waals surface area contributed by atoms with Crippen LogP contribution in [0.15, 0.2) is 60.7 Å². The van der Waals surface area contributed by atoms with Gasteiger partial charge in [-0.3, -0.25) is 0 Å². The molecule has 0 saturated heterocycles. The Labute approximate surface area is 165 Å². The third-order valence-electron chi connectivity index (χ3n) is 4.68. The van der Waals surface area contributed by atoms with Gasteiger partial charge < -0.3 is 32.3 Å². The second kappa shape index (κ2) is 6.44. The van der Waals surface area contributed by atoms with Gasteiger partial charge in [-0.05, 0) is 30.3 Å². The first-order valence-corrected chi connectivity index (χ1v) is 8.61. The predicted molar refractivity (Wildman–Crippen MR) is 101 cm³/mol. The van der Waals surface area contributed by atoms with Gasteiger partial charge >= 0.3 is 5.97 Å². The summed E-state index contributed by atoms with van der Waals surface area (Å²) in [4.78, 5) is 12.5. The van der Waals surface area contributed by atoms with Crippen LogP contribution in [0.3, 0.4) is 0 Å². The Balaban J connectivity index is 0.000000604. The molecule has 0 radical (unpaired) electrons. The number of rotatable bonds is 0. The number of ether oxygens (including phenoxy) is 2. The first kappa shape index (κ1) is 17.6. The van der Waals surface area contributed by atoms with E-state index in [-0.39, 0.29) is 11.5 Å². The number of nitrogens with zero attached hydrogens (tertiary/aromatic N) is 1. The van der Waals surface area contributed by atoms with E-state index in [0.29, 0.717) is 33.8 Å². The Kier molecular flexibility index (Phi) is 4.06. The smallest absolute Gasteiger partial charge is 0.340 e. The molecule has 2 aliphatic heterocycles. The Morgan fingerprint density at radius 3 is 2.00 bits per heavy atom. The summed E-state index contributed by atoms with van der Waals surface area (Å²) in [5, 5.41) is 28.1. The molecule has 0 unspecified atom stereocenters. The van der Waals surface area contributed by atoms with Crippen molar-refractivity contribution in [2.45, 2.75) is 5.60 Å². The van der Waals surface area contributed by atoms with Crippen LogP contribution in [-0.2, 0) is 23.0 Å². The monoisotopic (exact) mass is 390 g/mol. The molecule has 2 N–H and O–H groups in total. The van der Waals surface area contributed by atoms with Crippen molar-refractivity contribution in [3.05, 3.63) is 82.9 Å². The highest BCUT2D eigenvalue weighted by Crippen LogP contribution is 2.56. The van der Waals surface area contributed by atoms with Gasteiger partial charge in [0.15, 0.2) is 5.60 Å². The summed E-state index contributed by atoms with van der Waals surface area (Å²) < 4.78 is 11.8. The fourth-order valence-corrected chi connectivity index (χ4v) is 3.65. The number of aromatic hydroxyl groups is 2. The molecule has 2 aliphatic rings. The van der Waals surface area contributed by atoms with E-state index < -0.39 is 11.6 Å². The molecule has 6 nitrogen and oxygen atoms in total. The van der Waals surface area contributed by atoms with E-state index in [2.05, 4.69) is 12.6 Å². The van der Waals surface area contributed by atoms with Crippen LogP contribution in [0.5, 0.6) is 23.0 Å². The molecule has 1 spiro atoms. The molecule has 0 aliphatic carbocycles. The summed E-state index contributed by atoms with van der Waals surface area (Å²) in [7, 11) is 0. The van der Waals surface area contributed by atoms with Gasteiger partial charge in [0.2, 0.25) is 0 Å². The molecule has 0 fully saturated rings. The van der Waals surface area contributed by atoms with Gasteiger partial charge in [0, 0.05) is 28.8 Å². The van der Waals surface area contributed by atoms with Crippen LogP contribution in [0, 0.1) is 10.7 Å². The number of phenols is 2. The fourth-order valence-electron chi connectivity index (χ4n) is 3.65. The summed E-state index contributed by atoms with van der Waals surface area (Å²) in [6, 6.07) is 16.6. The van der Waals surface area contributed by atoms with Gasteiger partial charge in [0.1, 0.15) is 23.0 Å². The Morgan fingerprint density at radius 1 is 0.893 bits per heavy atom. The molecule has 0 atom stereocenters. The molecule has 7 heteroatoms. The molecular weight excluding hydrogens is 378 g/mol. The molecule has 138 valence electrons. The van der Waals surface area contributed by atoms with Gasteiger partial charge in [-0.1, -0.05) is 23.6 Å². The average molecular weight is 390 g/mol. The number of thiocyanates is 1. The van der Waals surface area contributed by atoms with Crippen molar-refractivity contribution < 1.29 is 24.5 Å². The van der Waals surface area contributed by atoms with Gasteiger partial charge in [-0.25, -0.2) is 10.1 Å². The Bertz CT molecular complexity index is 1100. The molecule has 3 aromatic rings. The van der Waals surface area contributed by atoms with Gasteiger partial charge in [0.25, 0.3) is 0 Å².